The average molecular weight is 240 g/mol. The number of rotatable bonds is 5. The maximum Gasteiger partial charge on any atom is 0.223 e. The number of halogens is 1. The summed E-state index contributed by atoms with van der Waals surface area (Å²) in [6.45, 7) is 3.93. The first-order valence-corrected chi connectivity index (χ1v) is 5.46. The second-order valence-corrected chi connectivity index (χ2v) is 4.00. The molecule has 0 heterocycles. The number of carbonyl (C=O) groups excluding carboxylic acids is 1. The minimum Gasteiger partial charge on any atom is -0.491 e. The van der Waals surface area contributed by atoms with Gasteiger partial charge in [-0.2, -0.15) is 0 Å². The zero-order valence-electron chi connectivity index (χ0n) is 10.00. The molecule has 0 radical (unpaired) electrons. The van der Waals surface area contributed by atoms with E-state index in [9.17, 15) is 9.18 Å². The van der Waals surface area contributed by atoms with Crippen molar-refractivity contribution in [1.29, 1.82) is 0 Å². The van der Waals surface area contributed by atoms with E-state index in [1.165, 1.54) is 18.2 Å². The number of benzene rings is 1. The van der Waals surface area contributed by atoms with Gasteiger partial charge in [-0.15, -0.1) is 0 Å². The van der Waals surface area contributed by atoms with Crippen LogP contribution in [-0.4, -0.2) is 18.6 Å². The predicted molar refractivity (Wildman–Crippen MR) is 64.2 cm³/mol. The van der Waals surface area contributed by atoms with Crippen LogP contribution in [0.2, 0.25) is 0 Å². The smallest absolute Gasteiger partial charge is 0.223 e. The van der Waals surface area contributed by atoms with Crippen LogP contribution in [0.4, 0.5) is 10.1 Å². The van der Waals surface area contributed by atoms with E-state index in [0.717, 1.165) is 0 Å². The lowest BCUT2D eigenvalue weighted by Crippen LogP contribution is -2.31. The fraction of sp³-hybridized carbons (Fsp3) is 0.417. The fourth-order valence-corrected chi connectivity index (χ4v) is 1.28. The molecular weight excluding hydrogens is 223 g/mol. The summed E-state index contributed by atoms with van der Waals surface area (Å²) in [7, 11) is 0. The SMILES string of the molecule is CC(C)NC(=O)CCOc1cc(F)ccc1N. The van der Waals surface area contributed by atoms with E-state index in [-0.39, 0.29) is 30.7 Å². The van der Waals surface area contributed by atoms with Crippen molar-refractivity contribution in [1.82, 2.24) is 5.32 Å². The van der Waals surface area contributed by atoms with Gasteiger partial charge in [-0.3, -0.25) is 4.79 Å². The highest BCUT2D eigenvalue weighted by molar-refractivity contribution is 5.76. The van der Waals surface area contributed by atoms with Gasteiger partial charge in [0.15, 0.2) is 0 Å². The Morgan fingerprint density at radius 2 is 2.24 bits per heavy atom. The molecule has 1 aromatic rings. The van der Waals surface area contributed by atoms with Crippen LogP contribution in [-0.2, 0) is 4.79 Å². The topological polar surface area (TPSA) is 64.3 Å². The van der Waals surface area contributed by atoms with Gasteiger partial charge in [0.25, 0.3) is 0 Å². The van der Waals surface area contributed by atoms with Gasteiger partial charge < -0.3 is 15.8 Å². The largest absolute Gasteiger partial charge is 0.491 e. The highest BCUT2D eigenvalue weighted by Gasteiger charge is 2.06. The molecule has 0 atom stereocenters. The first-order chi connectivity index (χ1) is 7.99. The van der Waals surface area contributed by atoms with Crippen molar-refractivity contribution in [3.63, 3.8) is 0 Å². The zero-order chi connectivity index (χ0) is 12.8. The van der Waals surface area contributed by atoms with Crippen LogP contribution < -0.4 is 15.8 Å². The summed E-state index contributed by atoms with van der Waals surface area (Å²) in [5.74, 6) is -0.252. The normalized spacial score (nSPS) is 10.4. The number of nitrogens with two attached hydrogens (primary N) is 1. The molecule has 0 fully saturated rings. The first kappa shape index (κ1) is 13.3. The van der Waals surface area contributed by atoms with Gasteiger partial charge >= 0.3 is 0 Å². The summed E-state index contributed by atoms with van der Waals surface area (Å²) in [4.78, 5) is 11.3. The molecule has 0 aromatic heterocycles. The number of hydrogen-bond acceptors (Lipinski definition) is 3. The Balaban J connectivity index is 2.40. The van der Waals surface area contributed by atoms with Crippen molar-refractivity contribution in [2.45, 2.75) is 26.3 Å². The second-order valence-electron chi connectivity index (χ2n) is 4.00. The van der Waals surface area contributed by atoms with Crippen molar-refractivity contribution < 1.29 is 13.9 Å². The summed E-state index contributed by atoms with van der Waals surface area (Å²) in [6, 6.07) is 3.99. The lowest BCUT2D eigenvalue weighted by Gasteiger charge is -2.10. The highest BCUT2D eigenvalue weighted by atomic mass is 19.1. The lowest BCUT2D eigenvalue weighted by atomic mass is 10.3. The molecule has 0 spiro atoms. The van der Waals surface area contributed by atoms with Gasteiger partial charge in [0.1, 0.15) is 11.6 Å². The minimum atomic E-state index is -0.416. The molecule has 0 saturated carbocycles. The molecule has 5 heteroatoms. The van der Waals surface area contributed by atoms with Crippen LogP contribution >= 0.6 is 0 Å². The maximum atomic E-state index is 12.9. The molecule has 3 N–H and O–H groups in total. The molecule has 0 aliphatic rings. The summed E-state index contributed by atoms with van der Waals surface area (Å²) < 4.78 is 18.1. The van der Waals surface area contributed by atoms with Gasteiger partial charge in [-0.05, 0) is 26.0 Å². The number of ether oxygens (including phenoxy) is 1. The molecule has 17 heavy (non-hydrogen) atoms. The Bertz CT molecular complexity index is 394. The Labute approximate surface area is 100.0 Å². The summed E-state index contributed by atoms with van der Waals surface area (Å²) in [5.41, 5.74) is 5.95. The molecule has 1 aromatic carbocycles. The molecule has 1 amide bonds. The third kappa shape index (κ3) is 4.72. The van der Waals surface area contributed by atoms with Crippen LogP contribution in [0.3, 0.4) is 0 Å². The summed E-state index contributed by atoms with van der Waals surface area (Å²) >= 11 is 0. The zero-order valence-corrected chi connectivity index (χ0v) is 10.00. The summed E-state index contributed by atoms with van der Waals surface area (Å²) in [5, 5.41) is 2.73. The van der Waals surface area contributed by atoms with Crippen molar-refractivity contribution in [2.24, 2.45) is 0 Å². The molecule has 0 saturated heterocycles. The predicted octanol–water partition coefficient (Wildman–Crippen LogP) is 1.70. The number of carbonyl (C=O) groups is 1. The molecule has 4 nitrogen and oxygen atoms in total. The van der Waals surface area contributed by atoms with Gasteiger partial charge in [0.2, 0.25) is 5.91 Å². The molecule has 0 aliphatic carbocycles. The van der Waals surface area contributed by atoms with E-state index in [1.807, 2.05) is 13.8 Å². The Morgan fingerprint density at radius 3 is 2.88 bits per heavy atom. The third-order valence-corrected chi connectivity index (χ3v) is 2.01. The lowest BCUT2D eigenvalue weighted by molar-refractivity contribution is -0.122. The van der Waals surface area contributed by atoms with Gasteiger partial charge in [-0.25, -0.2) is 4.39 Å². The highest BCUT2D eigenvalue weighted by Crippen LogP contribution is 2.21. The Morgan fingerprint density at radius 1 is 1.53 bits per heavy atom. The van der Waals surface area contributed by atoms with E-state index in [2.05, 4.69) is 5.32 Å². The standard InChI is InChI=1S/C12H17FN2O2/c1-8(2)15-12(16)5-6-17-11-7-9(13)3-4-10(11)14/h3-4,7-8H,5-6,14H2,1-2H3,(H,15,16). The number of anilines is 1. The number of nitrogens with one attached hydrogen (secondary N) is 1. The van der Waals surface area contributed by atoms with E-state index < -0.39 is 5.82 Å². The van der Waals surface area contributed by atoms with Crippen LogP contribution in [0.5, 0.6) is 5.75 Å². The van der Waals surface area contributed by atoms with E-state index in [4.69, 9.17) is 10.5 Å². The third-order valence-electron chi connectivity index (χ3n) is 2.01. The van der Waals surface area contributed by atoms with Crippen molar-refractivity contribution in [3.8, 4) is 5.75 Å². The molecule has 1 rings (SSSR count). The molecular formula is C12H17FN2O2. The number of nitrogen functional groups attached to an aromatic ring is 1. The van der Waals surface area contributed by atoms with Gasteiger partial charge in [0.05, 0.1) is 18.7 Å². The Hall–Kier alpha value is -1.78. The van der Waals surface area contributed by atoms with Crippen LogP contribution in [0, 0.1) is 5.82 Å². The van der Waals surface area contributed by atoms with Crippen LogP contribution in [0.1, 0.15) is 20.3 Å². The van der Waals surface area contributed by atoms with Crippen LogP contribution in [0.25, 0.3) is 0 Å². The molecule has 94 valence electrons. The van der Waals surface area contributed by atoms with E-state index in [0.29, 0.717) is 5.69 Å². The molecule has 0 bridgehead atoms. The maximum absolute atomic E-state index is 12.9. The molecule has 0 unspecified atom stereocenters. The average Bonchev–Trinajstić information content (AvgIpc) is 2.22. The quantitative estimate of drug-likeness (QED) is 0.770. The first-order valence-electron chi connectivity index (χ1n) is 5.46. The monoisotopic (exact) mass is 240 g/mol. The van der Waals surface area contributed by atoms with Crippen molar-refractivity contribution in [3.05, 3.63) is 24.0 Å². The Kier molecular flexibility index (Phi) is 4.75. The van der Waals surface area contributed by atoms with Crippen molar-refractivity contribution in [2.75, 3.05) is 12.3 Å². The second kappa shape index (κ2) is 6.08. The fourth-order valence-electron chi connectivity index (χ4n) is 1.28. The minimum absolute atomic E-state index is 0.0988. The summed E-state index contributed by atoms with van der Waals surface area (Å²) in [6.07, 6.45) is 0.216. The van der Waals surface area contributed by atoms with E-state index >= 15 is 0 Å². The van der Waals surface area contributed by atoms with E-state index in [1.54, 1.807) is 0 Å². The number of amides is 1. The van der Waals surface area contributed by atoms with Crippen LogP contribution in [0.15, 0.2) is 18.2 Å². The van der Waals surface area contributed by atoms with Gasteiger partial charge in [-0.1, -0.05) is 0 Å². The van der Waals surface area contributed by atoms with Gasteiger partial charge in [0, 0.05) is 12.1 Å². The molecule has 0 aliphatic heterocycles. The number of hydrogen-bond donors (Lipinski definition) is 2. The van der Waals surface area contributed by atoms with Crippen molar-refractivity contribution >= 4 is 11.6 Å².